The first-order chi connectivity index (χ1) is 17.2. The molecule has 1 heterocycles. The molecule has 0 amide bonds. The maximum Gasteiger partial charge on any atom is 0.264 e. The van der Waals surface area contributed by atoms with E-state index in [1.807, 2.05) is 6.07 Å². The summed E-state index contributed by atoms with van der Waals surface area (Å²) in [7, 11) is -5.86. The Morgan fingerprint density at radius 2 is 1.44 bits per heavy atom. The van der Waals surface area contributed by atoms with Crippen molar-refractivity contribution in [2.75, 3.05) is 49.5 Å². The number of ketones is 1. The van der Waals surface area contributed by atoms with Gasteiger partial charge in [-0.1, -0.05) is 18.2 Å². The number of ether oxygens (including phenoxy) is 1. The summed E-state index contributed by atoms with van der Waals surface area (Å²) in [5.41, 5.74) is 1.50. The number of morpholine rings is 1. The molecule has 11 heteroatoms. The van der Waals surface area contributed by atoms with Gasteiger partial charge >= 0.3 is 0 Å². The summed E-state index contributed by atoms with van der Waals surface area (Å²) < 4.78 is 59.0. The lowest BCUT2D eigenvalue weighted by Gasteiger charge is -2.26. The van der Waals surface area contributed by atoms with Gasteiger partial charge in [0.2, 0.25) is 10.0 Å². The van der Waals surface area contributed by atoms with Gasteiger partial charge in [-0.15, -0.1) is 0 Å². The van der Waals surface area contributed by atoms with Gasteiger partial charge in [0.05, 0.1) is 35.2 Å². The second-order valence-electron chi connectivity index (χ2n) is 8.15. The van der Waals surface area contributed by atoms with Gasteiger partial charge in [-0.05, 0) is 60.7 Å². The van der Waals surface area contributed by atoms with E-state index in [2.05, 4.69) is 5.32 Å². The minimum absolute atomic E-state index is 0.0361. The van der Waals surface area contributed by atoms with Crippen LogP contribution >= 0.6 is 0 Å². The third-order valence-electron chi connectivity index (χ3n) is 5.87. The van der Waals surface area contributed by atoms with E-state index in [0.717, 1.165) is 0 Å². The molecule has 3 aromatic rings. The number of hydrogen-bond donors (Lipinski definition) is 1. The van der Waals surface area contributed by atoms with E-state index in [1.165, 1.54) is 52.1 Å². The topological polar surface area (TPSA) is 113 Å². The molecule has 9 nitrogen and oxygen atoms in total. The van der Waals surface area contributed by atoms with E-state index in [9.17, 15) is 21.6 Å². The first-order valence-electron chi connectivity index (χ1n) is 11.3. The summed E-state index contributed by atoms with van der Waals surface area (Å²) in [6, 6.07) is 20.8. The monoisotopic (exact) mass is 529 g/mol. The molecule has 36 heavy (non-hydrogen) atoms. The number of nitrogens with zero attached hydrogens (tertiary/aromatic N) is 2. The fraction of sp³-hybridized carbons (Fsp3) is 0.240. The molecule has 1 aliphatic rings. The van der Waals surface area contributed by atoms with Crippen LogP contribution in [0.4, 0.5) is 11.4 Å². The fourth-order valence-electron chi connectivity index (χ4n) is 3.71. The van der Waals surface area contributed by atoms with Crippen LogP contribution in [0, 0.1) is 0 Å². The average molecular weight is 530 g/mol. The van der Waals surface area contributed by atoms with Gasteiger partial charge in [0.25, 0.3) is 10.0 Å². The van der Waals surface area contributed by atoms with Crippen LogP contribution in [0.3, 0.4) is 0 Å². The molecule has 3 aromatic carbocycles. The van der Waals surface area contributed by atoms with E-state index < -0.39 is 20.0 Å². The van der Waals surface area contributed by atoms with Crippen molar-refractivity contribution >= 4 is 37.2 Å². The lowest BCUT2D eigenvalue weighted by Crippen LogP contribution is -2.40. The van der Waals surface area contributed by atoms with Crippen LogP contribution in [0.25, 0.3) is 0 Å². The summed E-state index contributed by atoms with van der Waals surface area (Å²) in [5.74, 6) is -0.231. The Labute approximate surface area is 211 Å². The molecule has 4 rings (SSSR count). The minimum atomic E-state index is -3.73. The molecule has 0 saturated carbocycles. The van der Waals surface area contributed by atoms with E-state index in [-0.39, 0.29) is 22.1 Å². The van der Waals surface area contributed by atoms with Crippen molar-refractivity contribution in [2.24, 2.45) is 0 Å². The van der Waals surface area contributed by atoms with E-state index in [4.69, 9.17) is 4.74 Å². The van der Waals surface area contributed by atoms with E-state index >= 15 is 0 Å². The Morgan fingerprint density at radius 1 is 0.861 bits per heavy atom. The minimum Gasteiger partial charge on any atom is -0.379 e. The molecule has 0 spiro atoms. The smallest absolute Gasteiger partial charge is 0.264 e. The number of nitrogens with one attached hydrogen (secondary N) is 1. The quantitative estimate of drug-likeness (QED) is 0.424. The van der Waals surface area contributed by atoms with Gasteiger partial charge in [-0.25, -0.2) is 16.8 Å². The second kappa shape index (κ2) is 10.8. The average Bonchev–Trinajstić information content (AvgIpc) is 2.92. The maximum absolute atomic E-state index is 12.9. The molecule has 0 aliphatic carbocycles. The van der Waals surface area contributed by atoms with E-state index in [1.54, 1.807) is 36.4 Å². The van der Waals surface area contributed by atoms with Crippen LogP contribution in [0.2, 0.25) is 0 Å². The third-order valence-corrected chi connectivity index (χ3v) is 9.58. The first kappa shape index (κ1) is 25.8. The van der Waals surface area contributed by atoms with Gasteiger partial charge in [-0.3, -0.25) is 9.10 Å². The molecule has 0 unspecified atom stereocenters. The Bertz CT molecular complexity index is 1400. The van der Waals surface area contributed by atoms with E-state index in [0.29, 0.717) is 43.2 Å². The third kappa shape index (κ3) is 5.59. The van der Waals surface area contributed by atoms with Crippen LogP contribution in [-0.4, -0.2) is 66.8 Å². The summed E-state index contributed by atoms with van der Waals surface area (Å²) in [6.07, 6.45) is 0. The summed E-state index contributed by atoms with van der Waals surface area (Å²) in [5, 5.41) is 2.98. The highest BCUT2D eigenvalue weighted by Crippen LogP contribution is 2.23. The van der Waals surface area contributed by atoms with Crippen LogP contribution in [0.15, 0.2) is 88.7 Å². The largest absolute Gasteiger partial charge is 0.379 e. The molecule has 0 atom stereocenters. The Kier molecular flexibility index (Phi) is 7.74. The highest BCUT2D eigenvalue weighted by molar-refractivity contribution is 7.92. The molecule has 1 N–H and O–H groups in total. The first-order valence-corrected chi connectivity index (χ1v) is 14.2. The molecule has 0 aromatic heterocycles. The summed E-state index contributed by atoms with van der Waals surface area (Å²) in [4.78, 5) is 12.9. The van der Waals surface area contributed by atoms with Crippen molar-refractivity contribution in [2.45, 2.75) is 9.79 Å². The number of para-hydroxylation sites is 1. The predicted octanol–water partition coefficient (Wildman–Crippen LogP) is 2.83. The van der Waals surface area contributed by atoms with Crippen LogP contribution in [0.1, 0.15) is 10.4 Å². The van der Waals surface area contributed by atoms with Crippen LogP contribution in [0.5, 0.6) is 0 Å². The highest BCUT2D eigenvalue weighted by atomic mass is 32.2. The van der Waals surface area contributed by atoms with Gasteiger partial charge in [0.15, 0.2) is 5.78 Å². The normalized spacial score (nSPS) is 14.8. The number of carbonyl (C=O) groups excluding carboxylic acids is 1. The summed E-state index contributed by atoms with van der Waals surface area (Å²) >= 11 is 0. The fourth-order valence-corrected chi connectivity index (χ4v) is 6.32. The molecular weight excluding hydrogens is 502 g/mol. The van der Waals surface area contributed by atoms with Gasteiger partial charge in [0, 0.05) is 31.4 Å². The van der Waals surface area contributed by atoms with Crippen molar-refractivity contribution in [1.82, 2.24) is 4.31 Å². The number of rotatable bonds is 9. The van der Waals surface area contributed by atoms with Crippen molar-refractivity contribution in [3.05, 3.63) is 84.4 Å². The Balaban J connectivity index is 1.37. The standard InChI is InChI=1S/C25H27N3O6S2/c1-27(22-5-3-2-4-6-22)35(30,31)23-13-9-21(10-14-23)26-19-25(29)20-7-11-24(12-8-20)36(32,33)28-15-17-34-18-16-28/h2-14,26H,15-19H2,1H3. The molecule has 0 radical (unpaired) electrons. The van der Waals surface area contributed by atoms with Crippen molar-refractivity contribution in [3.63, 3.8) is 0 Å². The zero-order valence-corrected chi connectivity index (χ0v) is 21.3. The summed E-state index contributed by atoms with van der Waals surface area (Å²) in [6.45, 7) is 1.28. The van der Waals surface area contributed by atoms with Crippen LogP contribution < -0.4 is 9.62 Å². The van der Waals surface area contributed by atoms with Crippen molar-refractivity contribution < 1.29 is 26.4 Å². The molecule has 1 fully saturated rings. The molecule has 0 bridgehead atoms. The van der Waals surface area contributed by atoms with Crippen molar-refractivity contribution in [1.29, 1.82) is 0 Å². The van der Waals surface area contributed by atoms with Crippen molar-refractivity contribution in [3.8, 4) is 0 Å². The zero-order valence-electron chi connectivity index (χ0n) is 19.7. The molecule has 190 valence electrons. The zero-order chi connectivity index (χ0) is 25.8. The second-order valence-corrected chi connectivity index (χ2v) is 12.1. The molecule has 1 aliphatic heterocycles. The number of carbonyl (C=O) groups is 1. The maximum atomic E-state index is 12.9. The highest BCUT2D eigenvalue weighted by Gasteiger charge is 2.26. The number of anilines is 2. The SMILES string of the molecule is CN(c1ccccc1)S(=O)(=O)c1ccc(NCC(=O)c2ccc(S(=O)(=O)N3CCOCC3)cc2)cc1. The number of sulfonamides is 2. The van der Waals surface area contributed by atoms with Gasteiger partial charge < -0.3 is 10.1 Å². The lowest BCUT2D eigenvalue weighted by molar-refractivity contribution is 0.0730. The number of benzene rings is 3. The predicted molar refractivity (Wildman–Crippen MR) is 137 cm³/mol. The molecular formula is C25H27N3O6S2. The number of Topliss-reactive ketones (excluding diaryl/α,β-unsaturated/α-hetero) is 1. The Morgan fingerprint density at radius 3 is 2.06 bits per heavy atom. The van der Waals surface area contributed by atoms with Crippen LogP contribution in [-0.2, 0) is 24.8 Å². The molecule has 1 saturated heterocycles. The van der Waals surface area contributed by atoms with Gasteiger partial charge in [0.1, 0.15) is 0 Å². The Hall–Kier alpha value is -3.25. The van der Waals surface area contributed by atoms with Gasteiger partial charge in [-0.2, -0.15) is 4.31 Å². The lowest BCUT2D eigenvalue weighted by atomic mass is 10.1. The number of hydrogen-bond acceptors (Lipinski definition) is 7.